The minimum absolute atomic E-state index is 0.0275. The third-order valence-electron chi connectivity index (χ3n) is 4.82. The molecule has 11 heteroatoms. The minimum Gasteiger partial charge on any atom is -0.491 e. The van der Waals surface area contributed by atoms with E-state index in [1.54, 1.807) is 13.0 Å². The second-order valence-corrected chi connectivity index (χ2v) is 7.33. The van der Waals surface area contributed by atoms with Crippen LogP contribution in [0.4, 0.5) is 23.2 Å². The average Bonchev–Trinajstić information content (AvgIpc) is 2.80. The molecule has 186 valence electrons. The van der Waals surface area contributed by atoms with Crippen molar-refractivity contribution in [3.8, 4) is 22.6 Å². The van der Waals surface area contributed by atoms with Gasteiger partial charge in [-0.3, -0.25) is 9.59 Å². The van der Waals surface area contributed by atoms with Crippen LogP contribution in [0, 0.1) is 5.82 Å². The van der Waals surface area contributed by atoms with Crippen LogP contribution in [0.25, 0.3) is 11.1 Å². The first kappa shape index (κ1) is 25.8. The molecule has 0 spiro atoms. The Labute approximate surface area is 197 Å². The highest BCUT2D eigenvalue weighted by atomic mass is 19.4. The molecule has 3 aromatic rings. The van der Waals surface area contributed by atoms with E-state index in [0.717, 1.165) is 6.07 Å². The van der Waals surface area contributed by atoms with Crippen LogP contribution >= 0.6 is 0 Å². The van der Waals surface area contributed by atoms with Gasteiger partial charge in [0.15, 0.2) is 5.75 Å². The van der Waals surface area contributed by atoms with E-state index in [1.165, 1.54) is 30.5 Å². The molecule has 3 N–H and O–H groups in total. The molecule has 0 bridgehead atoms. The number of rotatable bonds is 9. The zero-order valence-electron chi connectivity index (χ0n) is 18.5. The molecule has 1 amide bonds. The molecule has 1 aromatic heterocycles. The van der Waals surface area contributed by atoms with Crippen molar-refractivity contribution in [2.24, 2.45) is 0 Å². The number of aromatic amines is 1. The number of carbonyl (C=O) groups is 1. The van der Waals surface area contributed by atoms with Crippen LogP contribution in [0.5, 0.6) is 11.5 Å². The Kier molecular flexibility index (Phi) is 8.13. The number of anilines is 1. The molecule has 0 aliphatic heterocycles. The molecule has 0 atom stereocenters. The Bertz CT molecular complexity index is 1260. The number of aliphatic hydroxyl groups is 1. The molecule has 0 unspecified atom stereocenters. The molecule has 3 rings (SSSR count). The van der Waals surface area contributed by atoms with Gasteiger partial charge in [0.25, 0.3) is 5.56 Å². The van der Waals surface area contributed by atoms with E-state index in [2.05, 4.69) is 10.3 Å². The number of ether oxygens (including phenoxy) is 2. The Balaban J connectivity index is 1.75. The fourth-order valence-electron chi connectivity index (χ4n) is 3.25. The van der Waals surface area contributed by atoms with E-state index in [1.807, 2.05) is 0 Å². The predicted octanol–water partition coefficient (Wildman–Crippen LogP) is 4.15. The fourth-order valence-corrected chi connectivity index (χ4v) is 3.25. The smallest absolute Gasteiger partial charge is 0.420 e. The quantitative estimate of drug-likeness (QED) is 0.388. The zero-order valence-corrected chi connectivity index (χ0v) is 18.5. The van der Waals surface area contributed by atoms with Gasteiger partial charge in [0.05, 0.1) is 25.2 Å². The highest BCUT2D eigenvalue weighted by molar-refractivity contribution is 5.92. The van der Waals surface area contributed by atoms with E-state index >= 15 is 0 Å². The molecule has 1 heterocycles. The molecule has 0 fully saturated rings. The fraction of sp³-hybridized carbons (Fsp3) is 0.250. The summed E-state index contributed by atoms with van der Waals surface area (Å²) in [5, 5.41) is 11.1. The van der Waals surface area contributed by atoms with Crippen LogP contribution in [0.3, 0.4) is 0 Å². The van der Waals surface area contributed by atoms with E-state index in [-0.39, 0.29) is 30.2 Å². The number of carbonyl (C=O) groups excluding carboxylic acids is 1. The largest absolute Gasteiger partial charge is 0.491 e. The second-order valence-electron chi connectivity index (χ2n) is 7.33. The van der Waals surface area contributed by atoms with Crippen LogP contribution in [0.15, 0.2) is 53.5 Å². The third-order valence-corrected chi connectivity index (χ3v) is 4.82. The first-order valence-corrected chi connectivity index (χ1v) is 10.5. The maximum absolute atomic E-state index is 14.7. The summed E-state index contributed by atoms with van der Waals surface area (Å²) in [5.41, 5.74) is -0.743. The van der Waals surface area contributed by atoms with Gasteiger partial charge in [-0.25, -0.2) is 4.39 Å². The molecule has 7 nitrogen and oxygen atoms in total. The number of benzene rings is 2. The SMILES string of the molecule is CCOc1cc(-c2ccc(CC(=O)Nc3ccc(OCCO)c(C(F)(F)F)c3)c(F)c2)c[nH]c1=O. The van der Waals surface area contributed by atoms with Gasteiger partial charge in [-0.05, 0) is 48.4 Å². The summed E-state index contributed by atoms with van der Waals surface area (Å²) in [6.07, 6.45) is -3.78. The Morgan fingerprint density at radius 2 is 1.83 bits per heavy atom. The zero-order chi connectivity index (χ0) is 25.6. The van der Waals surface area contributed by atoms with Crippen molar-refractivity contribution in [1.82, 2.24) is 4.98 Å². The lowest BCUT2D eigenvalue weighted by Crippen LogP contribution is -2.17. The number of hydrogen-bond donors (Lipinski definition) is 3. The third kappa shape index (κ3) is 6.60. The number of pyridine rings is 1. The number of amides is 1. The summed E-state index contributed by atoms with van der Waals surface area (Å²) in [7, 11) is 0. The second kappa shape index (κ2) is 11.0. The van der Waals surface area contributed by atoms with Gasteiger partial charge in [-0.15, -0.1) is 0 Å². The topological polar surface area (TPSA) is 101 Å². The van der Waals surface area contributed by atoms with Crippen molar-refractivity contribution in [3.05, 3.63) is 76.0 Å². The molecule has 35 heavy (non-hydrogen) atoms. The normalized spacial score (nSPS) is 11.3. The Morgan fingerprint density at radius 1 is 1.06 bits per heavy atom. The summed E-state index contributed by atoms with van der Waals surface area (Å²) in [4.78, 5) is 26.6. The van der Waals surface area contributed by atoms with E-state index < -0.39 is 47.8 Å². The molecule has 0 saturated carbocycles. The lowest BCUT2D eigenvalue weighted by atomic mass is 10.0. The first-order chi connectivity index (χ1) is 16.6. The average molecular weight is 494 g/mol. The number of H-pyrrole nitrogens is 1. The number of alkyl halides is 3. The van der Waals surface area contributed by atoms with Crippen molar-refractivity contribution in [2.45, 2.75) is 19.5 Å². The van der Waals surface area contributed by atoms with Crippen LogP contribution in [-0.2, 0) is 17.4 Å². The van der Waals surface area contributed by atoms with Gasteiger partial charge in [-0.1, -0.05) is 12.1 Å². The minimum atomic E-state index is -4.75. The van der Waals surface area contributed by atoms with Crippen molar-refractivity contribution < 1.29 is 36.9 Å². The summed E-state index contributed by atoms with van der Waals surface area (Å²) in [6.45, 7) is 1.21. The monoisotopic (exact) mass is 494 g/mol. The number of halogens is 4. The van der Waals surface area contributed by atoms with E-state index in [9.17, 15) is 27.2 Å². The van der Waals surface area contributed by atoms with Crippen LogP contribution in [-0.4, -0.2) is 35.8 Å². The molecule has 0 saturated heterocycles. The Morgan fingerprint density at radius 3 is 2.49 bits per heavy atom. The number of aromatic nitrogens is 1. The van der Waals surface area contributed by atoms with Gasteiger partial charge in [0, 0.05) is 17.4 Å². The van der Waals surface area contributed by atoms with E-state index in [0.29, 0.717) is 17.2 Å². The number of hydrogen-bond acceptors (Lipinski definition) is 5. The molecular formula is C24H22F4N2O5. The van der Waals surface area contributed by atoms with Gasteiger partial charge >= 0.3 is 6.18 Å². The highest BCUT2D eigenvalue weighted by Gasteiger charge is 2.35. The van der Waals surface area contributed by atoms with Crippen LogP contribution < -0.4 is 20.3 Å². The number of nitrogens with one attached hydrogen (secondary N) is 2. The Hall–Kier alpha value is -3.86. The highest BCUT2D eigenvalue weighted by Crippen LogP contribution is 2.38. The molecule has 2 aromatic carbocycles. The molecule has 0 aliphatic rings. The summed E-state index contributed by atoms with van der Waals surface area (Å²) >= 11 is 0. The van der Waals surface area contributed by atoms with Crippen molar-refractivity contribution >= 4 is 11.6 Å². The van der Waals surface area contributed by atoms with Crippen molar-refractivity contribution in [2.75, 3.05) is 25.1 Å². The van der Waals surface area contributed by atoms with Crippen LogP contribution in [0.2, 0.25) is 0 Å². The van der Waals surface area contributed by atoms with Crippen molar-refractivity contribution in [1.29, 1.82) is 0 Å². The molecule has 0 radical (unpaired) electrons. The van der Waals surface area contributed by atoms with Crippen LogP contribution in [0.1, 0.15) is 18.1 Å². The van der Waals surface area contributed by atoms with Gasteiger partial charge in [0.1, 0.15) is 18.2 Å². The van der Waals surface area contributed by atoms with Crippen molar-refractivity contribution in [3.63, 3.8) is 0 Å². The van der Waals surface area contributed by atoms with E-state index in [4.69, 9.17) is 14.6 Å². The standard InChI is InChI=1S/C24H22F4N2O5/c1-2-34-21-10-16(13-29-23(21)33)14-3-4-15(19(25)9-14)11-22(32)30-17-5-6-20(35-8-7-31)18(12-17)24(26,27)28/h3-6,9-10,12-13,31H,2,7-8,11H2,1H3,(H,29,33)(H,30,32). The number of aliphatic hydroxyl groups excluding tert-OH is 1. The summed E-state index contributed by atoms with van der Waals surface area (Å²) < 4.78 is 64.8. The van der Waals surface area contributed by atoms with Gasteiger partial charge < -0.3 is 24.9 Å². The lowest BCUT2D eigenvalue weighted by Gasteiger charge is -2.15. The van der Waals surface area contributed by atoms with Gasteiger partial charge in [-0.2, -0.15) is 13.2 Å². The summed E-state index contributed by atoms with van der Waals surface area (Å²) in [6, 6.07) is 8.52. The lowest BCUT2D eigenvalue weighted by molar-refractivity contribution is -0.139. The van der Waals surface area contributed by atoms with Gasteiger partial charge in [0.2, 0.25) is 5.91 Å². The maximum atomic E-state index is 14.7. The summed E-state index contributed by atoms with van der Waals surface area (Å²) in [5.74, 6) is -1.83. The molecular weight excluding hydrogens is 472 g/mol. The predicted molar refractivity (Wildman–Crippen MR) is 120 cm³/mol. The molecule has 0 aliphatic carbocycles. The first-order valence-electron chi connectivity index (χ1n) is 10.5. The maximum Gasteiger partial charge on any atom is 0.420 e.